The molecule has 22 heavy (non-hydrogen) atoms. The second kappa shape index (κ2) is 5.22. The summed E-state index contributed by atoms with van der Waals surface area (Å²) in [6.07, 6.45) is 2.10. The molecule has 6 nitrogen and oxygen atoms in total. The highest BCUT2D eigenvalue weighted by Crippen LogP contribution is 2.21. The van der Waals surface area contributed by atoms with Crippen LogP contribution in [-0.2, 0) is 9.59 Å². The SMILES string of the molecule is C=Cc1cccc2nc(C)n(C3CCC(=O)NC3=O)c(=O)c12. The lowest BCUT2D eigenvalue weighted by Crippen LogP contribution is -2.45. The van der Waals surface area contributed by atoms with Gasteiger partial charge < -0.3 is 0 Å². The van der Waals surface area contributed by atoms with Crippen LogP contribution in [0, 0.1) is 6.92 Å². The fourth-order valence-electron chi connectivity index (χ4n) is 2.84. The van der Waals surface area contributed by atoms with Crippen molar-refractivity contribution in [3.8, 4) is 0 Å². The average molecular weight is 297 g/mol. The van der Waals surface area contributed by atoms with E-state index in [1.807, 2.05) is 6.07 Å². The predicted octanol–water partition coefficient (Wildman–Crippen LogP) is 1.33. The minimum atomic E-state index is -0.708. The number of benzene rings is 1. The maximum absolute atomic E-state index is 12.9. The van der Waals surface area contributed by atoms with Gasteiger partial charge in [-0.15, -0.1) is 0 Å². The first kappa shape index (κ1) is 14.2. The Morgan fingerprint density at radius 2 is 2.14 bits per heavy atom. The number of carbonyl (C=O) groups is 2. The molecule has 1 atom stereocenters. The second-order valence-corrected chi connectivity index (χ2v) is 5.25. The van der Waals surface area contributed by atoms with Crippen molar-refractivity contribution in [2.45, 2.75) is 25.8 Å². The lowest BCUT2D eigenvalue weighted by Gasteiger charge is -2.24. The molecule has 2 aromatic rings. The zero-order chi connectivity index (χ0) is 15.9. The van der Waals surface area contributed by atoms with E-state index >= 15 is 0 Å². The van der Waals surface area contributed by atoms with Crippen molar-refractivity contribution in [2.75, 3.05) is 0 Å². The highest BCUT2D eigenvalue weighted by Gasteiger charge is 2.30. The van der Waals surface area contributed by atoms with Gasteiger partial charge in [-0.05, 0) is 25.0 Å². The number of carbonyl (C=O) groups excluding carboxylic acids is 2. The summed E-state index contributed by atoms with van der Waals surface area (Å²) in [7, 11) is 0. The first-order valence-corrected chi connectivity index (χ1v) is 7.01. The number of nitrogens with zero attached hydrogens (tertiary/aromatic N) is 2. The Kier molecular flexibility index (Phi) is 3.36. The van der Waals surface area contributed by atoms with E-state index in [1.54, 1.807) is 25.1 Å². The van der Waals surface area contributed by atoms with Crippen molar-refractivity contribution in [2.24, 2.45) is 0 Å². The van der Waals surface area contributed by atoms with E-state index in [0.29, 0.717) is 28.7 Å². The van der Waals surface area contributed by atoms with Crippen molar-refractivity contribution in [1.29, 1.82) is 0 Å². The molecule has 1 saturated heterocycles. The molecule has 1 fully saturated rings. The van der Waals surface area contributed by atoms with Crippen LogP contribution in [0.2, 0.25) is 0 Å². The topological polar surface area (TPSA) is 81.1 Å². The van der Waals surface area contributed by atoms with Gasteiger partial charge in [-0.25, -0.2) is 4.98 Å². The van der Waals surface area contributed by atoms with Crippen LogP contribution in [0.15, 0.2) is 29.6 Å². The number of fused-ring (bicyclic) bond motifs is 1. The highest BCUT2D eigenvalue weighted by molar-refractivity contribution is 5.99. The summed E-state index contributed by atoms with van der Waals surface area (Å²) < 4.78 is 1.37. The molecule has 0 saturated carbocycles. The number of nitrogens with one attached hydrogen (secondary N) is 1. The number of amides is 2. The Morgan fingerprint density at radius 1 is 1.36 bits per heavy atom. The standard InChI is InChI=1S/C16H15N3O3/c1-3-10-5-4-6-11-14(10)16(22)19(9(2)17-11)12-7-8-13(20)18-15(12)21/h3-6,12H,1,7-8H2,2H3,(H,18,20,21). The average Bonchev–Trinajstić information content (AvgIpc) is 2.48. The molecule has 1 aromatic carbocycles. The molecule has 1 unspecified atom stereocenters. The zero-order valence-corrected chi connectivity index (χ0v) is 12.1. The molecule has 1 N–H and O–H groups in total. The molecule has 6 heteroatoms. The van der Waals surface area contributed by atoms with Crippen molar-refractivity contribution < 1.29 is 9.59 Å². The van der Waals surface area contributed by atoms with Crippen molar-refractivity contribution in [1.82, 2.24) is 14.9 Å². The number of imide groups is 1. The third-order valence-electron chi connectivity index (χ3n) is 3.88. The number of piperidine rings is 1. The van der Waals surface area contributed by atoms with E-state index < -0.39 is 11.9 Å². The second-order valence-electron chi connectivity index (χ2n) is 5.25. The van der Waals surface area contributed by atoms with Gasteiger partial charge in [0, 0.05) is 6.42 Å². The van der Waals surface area contributed by atoms with Crippen molar-refractivity contribution in [3.05, 3.63) is 46.5 Å². The van der Waals surface area contributed by atoms with Gasteiger partial charge in [0.2, 0.25) is 11.8 Å². The van der Waals surface area contributed by atoms with Gasteiger partial charge >= 0.3 is 0 Å². The van der Waals surface area contributed by atoms with E-state index in [1.165, 1.54) is 4.57 Å². The van der Waals surface area contributed by atoms with Crippen molar-refractivity contribution in [3.63, 3.8) is 0 Å². The molecule has 1 aromatic heterocycles. The number of rotatable bonds is 2. The number of aromatic nitrogens is 2. The number of hydrogen-bond donors (Lipinski definition) is 1. The van der Waals surface area contributed by atoms with E-state index in [0.717, 1.165) is 0 Å². The van der Waals surface area contributed by atoms with Crippen molar-refractivity contribution >= 4 is 28.8 Å². The highest BCUT2D eigenvalue weighted by atomic mass is 16.2. The molecular formula is C16H15N3O3. The summed E-state index contributed by atoms with van der Waals surface area (Å²) in [5.74, 6) is -0.320. The summed E-state index contributed by atoms with van der Waals surface area (Å²) in [5, 5.41) is 2.71. The Balaban J connectivity index is 2.26. The Bertz CT molecular complexity index is 867. The fraction of sp³-hybridized carbons (Fsp3) is 0.250. The van der Waals surface area contributed by atoms with Gasteiger partial charge in [0.25, 0.3) is 5.56 Å². The van der Waals surface area contributed by atoms with E-state index in [4.69, 9.17) is 0 Å². The summed E-state index contributed by atoms with van der Waals surface area (Å²) in [6, 6.07) is 4.63. The number of aryl methyl sites for hydroxylation is 1. The first-order chi connectivity index (χ1) is 10.5. The van der Waals surface area contributed by atoms with E-state index in [9.17, 15) is 14.4 Å². The van der Waals surface area contributed by atoms with E-state index in [2.05, 4.69) is 16.9 Å². The molecule has 0 bridgehead atoms. The van der Waals surface area contributed by atoms with Crippen LogP contribution in [0.25, 0.3) is 17.0 Å². The molecule has 2 amide bonds. The number of hydrogen-bond acceptors (Lipinski definition) is 4. The van der Waals surface area contributed by atoms with Crippen LogP contribution in [-0.4, -0.2) is 21.4 Å². The monoisotopic (exact) mass is 297 g/mol. The molecule has 3 rings (SSSR count). The van der Waals surface area contributed by atoms with Crippen LogP contribution in [0.1, 0.15) is 30.3 Å². The van der Waals surface area contributed by atoms with Crippen LogP contribution in [0.5, 0.6) is 0 Å². The van der Waals surface area contributed by atoms with Crippen LogP contribution in [0.4, 0.5) is 0 Å². The summed E-state index contributed by atoms with van der Waals surface area (Å²) in [4.78, 5) is 40.6. The summed E-state index contributed by atoms with van der Waals surface area (Å²) in [5.41, 5.74) is 0.965. The molecule has 1 aliphatic heterocycles. The lowest BCUT2D eigenvalue weighted by molar-refractivity contribution is -0.135. The van der Waals surface area contributed by atoms with E-state index in [-0.39, 0.29) is 17.9 Å². The lowest BCUT2D eigenvalue weighted by atomic mass is 10.0. The minimum absolute atomic E-state index is 0.212. The zero-order valence-electron chi connectivity index (χ0n) is 12.1. The Labute approximate surface area is 126 Å². The molecule has 0 radical (unpaired) electrons. The molecule has 1 aliphatic rings. The maximum Gasteiger partial charge on any atom is 0.262 e. The minimum Gasteiger partial charge on any atom is -0.295 e. The molecule has 0 spiro atoms. The maximum atomic E-state index is 12.9. The molecular weight excluding hydrogens is 282 g/mol. The van der Waals surface area contributed by atoms with Gasteiger partial charge in [0.05, 0.1) is 10.9 Å². The normalized spacial score (nSPS) is 18.3. The molecule has 0 aliphatic carbocycles. The van der Waals surface area contributed by atoms with Gasteiger partial charge in [0.15, 0.2) is 0 Å². The Hall–Kier alpha value is -2.76. The van der Waals surface area contributed by atoms with Crippen LogP contribution >= 0.6 is 0 Å². The summed E-state index contributed by atoms with van der Waals surface area (Å²) >= 11 is 0. The van der Waals surface area contributed by atoms with Gasteiger partial charge in [-0.2, -0.15) is 0 Å². The van der Waals surface area contributed by atoms with Gasteiger partial charge in [-0.1, -0.05) is 24.8 Å². The first-order valence-electron chi connectivity index (χ1n) is 7.01. The van der Waals surface area contributed by atoms with Crippen LogP contribution < -0.4 is 10.9 Å². The third-order valence-corrected chi connectivity index (χ3v) is 3.88. The third kappa shape index (κ3) is 2.13. The predicted molar refractivity (Wildman–Crippen MR) is 82.3 cm³/mol. The fourth-order valence-corrected chi connectivity index (χ4v) is 2.84. The quantitative estimate of drug-likeness (QED) is 0.848. The largest absolute Gasteiger partial charge is 0.295 e. The smallest absolute Gasteiger partial charge is 0.262 e. The van der Waals surface area contributed by atoms with Crippen LogP contribution in [0.3, 0.4) is 0 Å². The molecule has 112 valence electrons. The Morgan fingerprint density at radius 3 is 2.82 bits per heavy atom. The summed E-state index contributed by atoms with van der Waals surface area (Å²) in [6.45, 7) is 5.40. The van der Waals surface area contributed by atoms with Gasteiger partial charge in [0.1, 0.15) is 11.9 Å². The molecule has 2 heterocycles. The van der Waals surface area contributed by atoms with Gasteiger partial charge in [-0.3, -0.25) is 24.3 Å².